The molecule has 1 amide bonds. The second-order valence-corrected chi connectivity index (χ2v) is 9.04. The van der Waals surface area contributed by atoms with Gasteiger partial charge in [0.05, 0.1) is 6.42 Å². The number of carbonyl (C=O) groups excluding carboxylic acids is 2. The van der Waals surface area contributed by atoms with E-state index < -0.39 is 48.1 Å². The van der Waals surface area contributed by atoms with Crippen LogP contribution in [0.2, 0.25) is 0 Å². The van der Waals surface area contributed by atoms with Gasteiger partial charge in [0.15, 0.2) is 11.6 Å². The summed E-state index contributed by atoms with van der Waals surface area (Å²) in [6, 6.07) is 6.91. The third-order valence-electron chi connectivity index (χ3n) is 4.60. The first kappa shape index (κ1) is 32.6. The summed E-state index contributed by atoms with van der Waals surface area (Å²) >= 11 is 1.05. The van der Waals surface area contributed by atoms with Gasteiger partial charge in [0.1, 0.15) is 11.4 Å². The van der Waals surface area contributed by atoms with Crippen molar-refractivity contribution in [2.75, 3.05) is 13.1 Å². The molecule has 0 spiro atoms. The maximum atomic E-state index is 14.1. The van der Waals surface area contributed by atoms with Gasteiger partial charge in [0.25, 0.3) is 0 Å². The quantitative estimate of drug-likeness (QED) is 0.217. The highest BCUT2D eigenvalue weighted by Crippen LogP contribution is 2.24. The second kappa shape index (κ2) is 14.5. The Bertz CT molecular complexity index is 1240. The fraction of sp³-hybridized carbons (Fsp3) is 0.292. The zero-order valence-corrected chi connectivity index (χ0v) is 21.3. The van der Waals surface area contributed by atoms with Crippen LogP contribution in [-0.4, -0.2) is 69.0 Å². The normalized spacial score (nSPS) is 10.6. The number of thiophene rings is 1. The number of hydrogen-bond acceptors (Lipinski definition) is 8. The summed E-state index contributed by atoms with van der Waals surface area (Å²) in [6.07, 6.45) is -0.229. The summed E-state index contributed by atoms with van der Waals surface area (Å²) in [5.41, 5.74) is 6.04. The maximum absolute atomic E-state index is 14.1. The van der Waals surface area contributed by atoms with Crippen molar-refractivity contribution in [3.05, 3.63) is 58.0 Å². The van der Waals surface area contributed by atoms with Crippen LogP contribution in [0.5, 0.6) is 5.75 Å². The topological polar surface area (TPSA) is 185 Å². The van der Waals surface area contributed by atoms with Crippen LogP contribution in [-0.2, 0) is 25.6 Å². The predicted octanol–water partition coefficient (Wildman–Crippen LogP) is 3.08. The Morgan fingerprint density at radius 2 is 1.67 bits per heavy atom. The first-order valence-electron chi connectivity index (χ1n) is 10.9. The van der Waals surface area contributed by atoms with Crippen LogP contribution in [0.1, 0.15) is 39.9 Å². The number of benzene rings is 1. The number of alkyl halides is 2. The molecule has 0 fully saturated rings. The van der Waals surface area contributed by atoms with Gasteiger partial charge in [-0.2, -0.15) is 8.78 Å². The summed E-state index contributed by atoms with van der Waals surface area (Å²) in [6.45, 7) is 3.01. The number of carboxylic acid groups (broad SMARTS) is 3. The van der Waals surface area contributed by atoms with Gasteiger partial charge in [0.2, 0.25) is 5.91 Å². The SMILES string of the molecule is C=C(N)c1ccc(OC(=O)c2ccc(CCC(=O)N(CCC(=O)O)CC(=O)O)s2)c(F)c1.CC(F)(F)C(=O)O. The number of halogens is 3. The van der Waals surface area contributed by atoms with Crippen molar-refractivity contribution < 1.29 is 57.2 Å². The molecule has 0 atom stereocenters. The minimum absolute atomic E-state index is 0.0685. The van der Waals surface area contributed by atoms with Gasteiger partial charge in [-0.3, -0.25) is 14.4 Å². The van der Waals surface area contributed by atoms with Crippen LogP contribution in [0.15, 0.2) is 36.9 Å². The maximum Gasteiger partial charge on any atom is 0.374 e. The number of aryl methyl sites for hydroxylation is 1. The fourth-order valence-corrected chi connectivity index (χ4v) is 3.51. The monoisotopic (exact) mass is 574 g/mol. The van der Waals surface area contributed by atoms with E-state index >= 15 is 0 Å². The molecule has 212 valence electrons. The van der Waals surface area contributed by atoms with E-state index in [1.165, 1.54) is 18.2 Å². The Morgan fingerprint density at radius 1 is 1.05 bits per heavy atom. The highest BCUT2D eigenvalue weighted by Gasteiger charge is 2.31. The van der Waals surface area contributed by atoms with Crippen molar-refractivity contribution in [1.82, 2.24) is 4.90 Å². The van der Waals surface area contributed by atoms with Gasteiger partial charge >= 0.3 is 29.8 Å². The van der Waals surface area contributed by atoms with Crippen LogP contribution in [0.3, 0.4) is 0 Å². The molecular weight excluding hydrogens is 549 g/mol. The van der Waals surface area contributed by atoms with E-state index in [0.29, 0.717) is 17.4 Å². The third kappa shape index (κ3) is 11.7. The molecule has 0 aliphatic rings. The van der Waals surface area contributed by atoms with Crippen molar-refractivity contribution in [2.45, 2.75) is 32.1 Å². The number of carboxylic acids is 3. The lowest BCUT2D eigenvalue weighted by Gasteiger charge is -2.19. The van der Waals surface area contributed by atoms with E-state index in [1.807, 2.05) is 0 Å². The number of nitrogens with zero attached hydrogens (tertiary/aromatic N) is 1. The number of amides is 1. The lowest BCUT2D eigenvalue weighted by molar-refractivity contribution is -0.162. The molecule has 0 aliphatic heterocycles. The van der Waals surface area contributed by atoms with E-state index in [-0.39, 0.29) is 42.1 Å². The number of hydrogen-bond donors (Lipinski definition) is 4. The molecule has 39 heavy (non-hydrogen) atoms. The Kier molecular flexibility index (Phi) is 12.1. The van der Waals surface area contributed by atoms with Crippen LogP contribution in [0, 0.1) is 5.82 Å². The van der Waals surface area contributed by atoms with Crippen molar-refractivity contribution in [3.63, 3.8) is 0 Å². The van der Waals surface area contributed by atoms with Crippen LogP contribution >= 0.6 is 11.3 Å². The summed E-state index contributed by atoms with van der Waals surface area (Å²) in [5, 5.41) is 25.1. The van der Waals surface area contributed by atoms with Crippen LogP contribution < -0.4 is 10.5 Å². The molecule has 0 radical (unpaired) electrons. The highest BCUT2D eigenvalue weighted by molar-refractivity contribution is 7.13. The number of nitrogens with two attached hydrogens (primary N) is 1. The molecule has 11 nitrogen and oxygen atoms in total. The van der Waals surface area contributed by atoms with Crippen LogP contribution in [0.25, 0.3) is 5.70 Å². The van der Waals surface area contributed by atoms with Gasteiger partial charge in [0, 0.05) is 30.5 Å². The van der Waals surface area contributed by atoms with Crippen molar-refractivity contribution >= 4 is 46.8 Å². The lowest BCUT2D eigenvalue weighted by atomic mass is 10.1. The fourth-order valence-electron chi connectivity index (χ4n) is 2.63. The molecule has 0 saturated heterocycles. The molecule has 15 heteroatoms. The molecule has 2 aromatic rings. The summed E-state index contributed by atoms with van der Waals surface area (Å²) in [5.74, 6) is -10.4. The average Bonchev–Trinajstić information content (AvgIpc) is 3.30. The minimum atomic E-state index is -3.58. The average molecular weight is 575 g/mol. The molecule has 5 N–H and O–H groups in total. The van der Waals surface area contributed by atoms with Gasteiger partial charge in [-0.15, -0.1) is 11.3 Å². The molecule has 0 unspecified atom stereocenters. The standard InChI is InChI=1S/C21H21FN2O7S.C3H4F2O2/c1-12(23)13-2-5-16(15(22)10-13)31-21(30)17-6-3-14(32-17)4-7-18(25)24(11-20(28)29)9-8-19(26)27;1-3(4,5)2(6)7/h2-3,5-6,10H,1,4,7-9,11,23H2,(H,26,27)(H,28,29);1H3,(H,6,7). The zero-order chi connectivity index (χ0) is 29.9. The van der Waals surface area contributed by atoms with Gasteiger partial charge in [-0.25, -0.2) is 14.0 Å². The van der Waals surface area contributed by atoms with Crippen molar-refractivity contribution in [1.29, 1.82) is 0 Å². The molecule has 0 saturated carbocycles. The molecular formula is C24H25F3N2O9S. The third-order valence-corrected chi connectivity index (χ3v) is 5.73. The molecule has 1 heterocycles. The lowest BCUT2D eigenvalue weighted by Crippen LogP contribution is -2.37. The van der Waals surface area contributed by atoms with Crippen molar-refractivity contribution in [3.8, 4) is 5.75 Å². The van der Waals surface area contributed by atoms with E-state index in [1.54, 1.807) is 6.07 Å². The Morgan fingerprint density at radius 3 is 2.15 bits per heavy atom. The first-order valence-corrected chi connectivity index (χ1v) is 11.7. The molecule has 2 rings (SSSR count). The molecule has 0 bridgehead atoms. The number of rotatable bonds is 12. The van der Waals surface area contributed by atoms with E-state index in [2.05, 4.69) is 6.58 Å². The number of esters is 1. The molecule has 1 aromatic carbocycles. The Hall–Kier alpha value is -4.40. The van der Waals surface area contributed by atoms with Crippen LogP contribution in [0.4, 0.5) is 13.2 Å². The second-order valence-electron chi connectivity index (χ2n) is 7.87. The zero-order valence-electron chi connectivity index (χ0n) is 20.5. The predicted molar refractivity (Wildman–Crippen MR) is 132 cm³/mol. The highest BCUT2D eigenvalue weighted by atomic mass is 32.1. The van der Waals surface area contributed by atoms with E-state index in [4.69, 9.17) is 25.8 Å². The molecule has 1 aromatic heterocycles. The Balaban J connectivity index is 0.000000956. The summed E-state index contributed by atoms with van der Waals surface area (Å²) < 4.78 is 41.7. The van der Waals surface area contributed by atoms with Gasteiger partial charge in [-0.05, 0) is 42.3 Å². The summed E-state index contributed by atoms with van der Waals surface area (Å²) in [4.78, 5) is 57.3. The molecule has 0 aliphatic carbocycles. The van der Waals surface area contributed by atoms with Gasteiger partial charge in [-0.1, -0.05) is 6.58 Å². The summed E-state index contributed by atoms with van der Waals surface area (Å²) in [7, 11) is 0. The number of ether oxygens (including phenoxy) is 1. The van der Waals surface area contributed by atoms with E-state index in [0.717, 1.165) is 22.3 Å². The van der Waals surface area contributed by atoms with Gasteiger partial charge < -0.3 is 30.7 Å². The van der Waals surface area contributed by atoms with E-state index in [9.17, 15) is 37.1 Å². The Labute approximate surface area is 223 Å². The van der Waals surface area contributed by atoms with Crippen molar-refractivity contribution in [2.24, 2.45) is 5.73 Å². The first-order chi connectivity index (χ1) is 18.0. The smallest absolute Gasteiger partial charge is 0.374 e. The number of aliphatic carboxylic acids is 3. The number of carbonyl (C=O) groups is 5. The largest absolute Gasteiger partial charge is 0.481 e. The minimum Gasteiger partial charge on any atom is -0.481 e.